The predicted molar refractivity (Wildman–Crippen MR) is 79.4 cm³/mol. The van der Waals surface area contributed by atoms with Crippen LogP contribution in [-0.4, -0.2) is 36.5 Å². The fourth-order valence-corrected chi connectivity index (χ4v) is 1.79. The molecule has 0 atom stereocenters. The second-order valence-electron chi connectivity index (χ2n) is 4.05. The molecule has 0 saturated carbocycles. The van der Waals surface area contributed by atoms with Crippen LogP contribution < -0.4 is 0 Å². The van der Waals surface area contributed by atoms with E-state index in [-0.39, 0.29) is 12.5 Å². The molecule has 108 valence electrons. The summed E-state index contributed by atoms with van der Waals surface area (Å²) in [4.78, 5) is 24.8. The van der Waals surface area contributed by atoms with Gasteiger partial charge in [0.2, 0.25) is 5.91 Å². The lowest BCUT2D eigenvalue weighted by Gasteiger charge is -2.17. The average Bonchev–Trinajstić information content (AvgIpc) is 2.42. The van der Waals surface area contributed by atoms with Gasteiger partial charge in [-0.2, -0.15) is 0 Å². The van der Waals surface area contributed by atoms with Gasteiger partial charge in [0.25, 0.3) is 0 Å². The van der Waals surface area contributed by atoms with Crippen LogP contribution in [-0.2, 0) is 14.3 Å². The van der Waals surface area contributed by atoms with Crippen LogP contribution in [0.1, 0.15) is 19.4 Å². The highest BCUT2D eigenvalue weighted by molar-refractivity contribution is 6.30. The summed E-state index contributed by atoms with van der Waals surface area (Å²) in [5.74, 6) is -0.639. The van der Waals surface area contributed by atoms with Gasteiger partial charge >= 0.3 is 5.97 Å². The Bertz CT molecular complexity index is 500. The monoisotopic (exact) mass is 295 g/mol. The molecule has 0 aromatic heterocycles. The number of hydrogen-bond donors (Lipinski definition) is 0. The molecule has 0 spiro atoms. The van der Waals surface area contributed by atoms with Crippen molar-refractivity contribution in [1.82, 2.24) is 4.90 Å². The van der Waals surface area contributed by atoms with Gasteiger partial charge in [-0.1, -0.05) is 23.7 Å². The van der Waals surface area contributed by atoms with Crippen molar-refractivity contribution in [2.24, 2.45) is 0 Å². The molecule has 0 saturated heterocycles. The first-order chi connectivity index (χ1) is 9.56. The zero-order valence-electron chi connectivity index (χ0n) is 11.6. The van der Waals surface area contributed by atoms with E-state index in [2.05, 4.69) is 0 Å². The fraction of sp³-hybridized carbons (Fsp3) is 0.333. The Hall–Kier alpha value is -1.81. The average molecular weight is 296 g/mol. The number of halogens is 1. The van der Waals surface area contributed by atoms with Gasteiger partial charge in [-0.3, -0.25) is 9.59 Å². The largest absolute Gasteiger partial charge is 0.465 e. The number of ether oxygens (including phenoxy) is 1. The van der Waals surface area contributed by atoms with Crippen molar-refractivity contribution in [1.29, 1.82) is 0 Å². The van der Waals surface area contributed by atoms with Gasteiger partial charge in [-0.15, -0.1) is 0 Å². The van der Waals surface area contributed by atoms with E-state index in [1.807, 2.05) is 19.1 Å². The molecule has 0 bridgehead atoms. The first kappa shape index (κ1) is 16.2. The molecule has 0 aliphatic heterocycles. The van der Waals surface area contributed by atoms with Crippen molar-refractivity contribution in [2.45, 2.75) is 13.8 Å². The standard InChI is InChI=1S/C15H18ClNO3/c1-3-17(11-15(19)20-4-2)14(18)9-8-12-6-5-7-13(16)10-12/h5-10H,3-4,11H2,1-2H3/b9-8+. The van der Waals surface area contributed by atoms with E-state index in [9.17, 15) is 9.59 Å². The van der Waals surface area contributed by atoms with Crippen molar-refractivity contribution in [3.8, 4) is 0 Å². The third kappa shape index (κ3) is 5.45. The number of carbonyl (C=O) groups is 2. The summed E-state index contributed by atoms with van der Waals surface area (Å²) in [5, 5.41) is 0.610. The fourth-order valence-electron chi connectivity index (χ4n) is 1.59. The Morgan fingerprint density at radius 1 is 1.35 bits per heavy atom. The highest BCUT2D eigenvalue weighted by Gasteiger charge is 2.13. The first-order valence-corrected chi connectivity index (χ1v) is 6.82. The summed E-state index contributed by atoms with van der Waals surface area (Å²) in [5.41, 5.74) is 0.832. The molecular weight excluding hydrogens is 278 g/mol. The van der Waals surface area contributed by atoms with Crippen LogP contribution in [0.4, 0.5) is 0 Å². The Labute approximate surface area is 124 Å². The molecule has 4 nitrogen and oxygen atoms in total. The Morgan fingerprint density at radius 2 is 2.10 bits per heavy atom. The lowest BCUT2D eigenvalue weighted by atomic mass is 10.2. The van der Waals surface area contributed by atoms with Crippen molar-refractivity contribution < 1.29 is 14.3 Å². The smallest absolute Gasteiger partial charge is 0.325 e. The maximum absolute atomic E-state index is 12.0. The summed E-state index contributed by atoms with van der Waals surface area (Å²) >= 11 is 5.86. The van der Waals surface area contributed by atoms with Crippen LogP contribution in [0.5, 0.6) is 0 Å². The number of amides is 1. The third-order valence-corrected chi connectivity index (χ3v) is 2.82. The van der Waals surface area contributed by atoms with E-state index in [4.69, 9.17) is 16.3 Å². The minimum atomic E-state index is -0.404. The number of likely N-dealkylation sites (N-methyl/N-ethyl adjacent to an activating group) is 1. The highest BCUT2D eigenvalue weighted by atomic mass is 35.5. The molecule has 0 fully saturated rings. The van der Waals surface area contributed by atoms with Crippen LogP contribution in [0.3, 0.4) is 0 Å². The molecular formula is C15H18ClNO3. The topological polar surface area (TPSA) is 46.6 Å². The summed E-state index contributed by atoms with van der Waals surface area (Å²) in [6.07, 6.45) is 3.09. The molecule has 1 amide bonds. The van der Waals surface area contributed by atoms with E-state index in [0.29, 0.717) is 18.2 Å². The number of rotatable bonds is 6. The van der Waals surface area contributed by atoms with Crippen molar-refractivity contribution >= 4 is 29.6 Å². The van der Waals surface area contributed by atoms with Gasteiger partial charge in [0.1, 0.15) is 6.54 Å². The quantitative estimate of drug-likeness (QED) is 0.599. The molecule has 0 heterocycles. The van der Waals surface area contributed by atoms with Crippen LogP contribution in [0.25, 0.3) is 6.08 Å². The lowest BCUT2D eigenvalue weighted by molar-refractivity contribution is -0.147. The molecule has 1 aromatic rings. The van der Waals surface area contributed by atoms with Gasteiger partial charge in [-0.05, 0) is 37.6 Å². The third-order valence-electron chi connectivity index (χ3n) is 2.59. The van der Waals surface area contributed by atoms with Gasteiger partial charge < -0.3 is 9.64 Å². The summed E-state index contributed by atoms with van der Waals surface area (Å²) < 4.78 is 4.83. The lowest BCUT2D eigenvalue weighted by Crippen LogP contribution is -2.35. The minimum Gasteiger partial charge on any atom is -0.465 e. The van der Waals surface area contributed by atoms with Crippen LogP contribution in [0.2, 0.25) is 5.02 Å². The summed E-state index contributed by atoms with van der Waals surface area (Å²) in [6.45, 7) is 4.25. The normalized spacial score (nSPS) is 10.6. The molecule has 0 unspecified atom stereocenters. The zero-order valence-corrected chi connectivity index (χ0v) is 12.4. The van der Waals surface area contributed by atoms with Crippen molar-refractivity contribution in [3.05, 3.63) is 40.9 Å². The predicted octanol–water partition coefficient (Wildman–Crippen LogP) is 2.76. The van der Waals surface area contributed by atoms with Crippen molar-refractivity contribution in [3.63, 3.8) is 0 Å². The molecule has 5 heteroatoms. The van der Waals surface area contributed by atoms with Crippen LogP contribution in [0.15, 0.2) is 30.3 Å². The molecule has 0 aliphatic rings. The van der Waals surface area contributed by atoms with Gasteiger partial charge in [-0.25, -0.2) is 0 Å². The van der Waals surface area contributed by atoms with E-state index in [1.54, 1.807) is 25.1 Å². The number of nitrogens with zero attached hydrogens (tertiary/aromatic N) is 1. The van der Waals surface area contributed by atoms with Gasteiger partial charge in [0.05, 0.1) is 6.61 Å². The number of carbonyl (C=O) groups excluding carboxylic acids is 2. The number of benzene rings is 1. The Kier molecular flexibility index (Phi) is 6.81. The van der Waals surface area contributed by atoms with Gasteiger partial charge in [0, 0.05) is 17.6 Å². The van der Waals surface area contributed by atoms with Crippen LogP contribution >= 0.6 is 11.6 Å². The second kappa shape index (κ2) is 8.38. The highest BCUT2D eigenvalue weighted by Crippen LogP contribution is 2.12. The van der Waals surface area contributed by atoms with Gasteiger partial charge in [0.15, 0.2) is 0 Å². The molecule has 1 aromatic carbocycles. The molecule has 1 rings (SSSR count). The molecule has 0 radical (unpaired) electrons. The number of hydrogen-bond acceptors (Lipinski definition) is 3. The first-order valence-electron chi connectivity index (χ1n) is 6.45. The number of esters is 1. The summed E-state index contributed by atoms with van der Waals surface area (Å²) in [6, 6.07) is 7.17. The molecule has 0 N–H and O–H groups in total. The van der Waals surface area contributed by atoms with Crippen LogP contribution in [0, 0.1) is 0 Å². The van der Waals surface area contributed by atoms with E-state index in [0.717, 1.165) is 5.56 Å². The maximum Gasteiger partial charge on any atom is 0.325 e. The zero-order chi connectivity index (χ0) is 15.0. The van der Waals surface area contributed by atoms with Crippen molar-refractivity contribution in [2.75, 3.05) is 19.7 Å². The Morgan fingerprint density at radius 3 is 2.70 bits per heavy atom. The summed E-state index contributed by atoms with van der Waals surface area (Å²) in [7, 11) is 0. The van der Waals surface area contributed by atoms with E-state index < -0.39 is 5.97 Å². The maximum atomic E-state index is 12.0. The second-order valence-corrected chi connectivity index (χ2v) is 4.48. The molecule has 20 heavy (non-hydrogen) atoms. The van der Waals surface area contributed by atoms with E-state index in [1.165, 1.54) is 11.0 Å². The SMILES string of the molecule is CCOC(=O)CN(CC)C(=O)/C=C/c1cccc(Cl)c1. The minimum absolute atomic E-state index is 0.0386. The molecule has 0 aliphatic carbocycles. The van der Waals surface area contributed by atoms with E-state index >= 15 is 0 Å². The Balaban J connectivity index is 2.65.